The van der Waals surface area contributed by atoms with Gasteiger partial charge in [-0.15, -0.1) is 0 Å². The minimum absolute atomic E-state index is 0.155. The van der Waals surface area contributed by atoms with Gasteiger partial charge in [0, 0.05) is 31.4 Å². The van der Waals surface area contributed by atoms with Crippen molar-refractivity contribution in [1.82, 2.24) is 5.32 Å². The number of carbonyl (C=O) groups excluding carboxylic acids is 1. The van der Waals surface area contributed by atoms with Gasteiger partial charge in [0.25, 0.3) is 5.91 Å². The van der Waals surface area contributed by atoms with E-state index in [1.807, 2.05) is 18.2 Å². The zero-order valence-electron chi connectivity index (χ0n) is 14.0. The first kappa shape index (κ1) is 15.8. The lowest BCUT2D eigenvalue weighted by molar-refractivity contribution is 0.0916. The van der Waals surface area contributed by atoms with Gasteiger partial charge < -0.3 is 24.8 Å². The number of ether oxygens (including phenoxy) is 2. The molecule has 0 fully saturated rings. The first-order chi connectivity index (χ1) is 12.1. The van der Waals surface area contributed by atoms with Crippen molar-refractivity contribution in [1.29, 1.82) is 0 Å². The molecular formula is C19H20N2O4. The number of fused-ring (bicyclic) bond motifs is 2. The van der Waals surface area contributed by atoms with Crippen LogP contribution < -0.4 is 19.7 Å². The molecule has 2 aliphatic rings. The number of benzene rings is 2. The number of hydrogen-bond donors (Lipinski definition) is 2. The summed E-state index contributed by atoms with van der Waals surface area (Å²) >= 11 is 0. The number of amides is 1. The molecule has 6 nitrogen and oxygen atoms in total. The molecule has 2 heterocycles. The van der Waals surface area contributed by atoms with E-state index in [-0.39, 0.29) is 19.2 Å². The largest absolute Gasteiger partial charge is 0.454 e. The van der Waals surface area contributed by atoms with Crippen molar-refractivity contribution in [3.8, 4) is 11.5 Å². The highest BCUT2D eigenvalue weighted by Crippen LogP contribution is 2.32. The van der Waals surface area contributed by atoms with Crippen LogP contribution in [0, 0.1) is 0 Å². The van der Waals surface area contributed by atoms with Crippen LogP contribution in [0.4, 0.5) is 5.69 Å². The second-order valence-corrected chi connectivity index (χ2v) is 6.35. The number of aliphatic hydroxyl groups is 1. The fraction of sp³-hybridized carbons (Fsp3) is 0.316. The van der Waals surface area contributed by atoms with Crippen LogP contribution in [-0.4, -0.2) is 37.9 Å². The second kappa shape index (κ2) is 6.29. The molecule has 0 spiro atoms. The van der Waals surface area contributed by atoms with E-state index in [2.05, 4.69) is 17.3 Å². The Kier molecular flexibility index (Phi) is 3.97. The van der Waals surface area contributed by atoms with E-state index >= 15 is 0 Å². The SMILES string of the molecule is CN1CCc2cc(C(O)CNC(=O)c3ccc4c(c3)OCO4)ccc21. The van der Waals surface area contributed by atoms with Crippen molar-refractivity contribution in [3.63, 3.8) is 0 Å². The number of likely N-dealkylation sites (N-methyl/N-ethyl adjacent to an activating group) is 1. The zero-order valence-corrected chi connectivity index (χ0v) is 14.0. The summed E-state index contributed by atoms with van der Waals surface area (Å²) in [4.78, 5) is 14.5. The molecule has 0 aliphatic carbocycles. The predicted octanol–water partition coefficient (Wildman–Crippen LogP) is 1.87. The number of aliphatic hydroxyl groups excluding tert-OH is 1. The van der Waals surface area contributed by atoms with Crippen molar-refractivity contribution in [3.05, 3.63) is 53.1 Å². The summed E-state index contributed by atoms with van der Waals surface area (Å²) in [7, 11) is 2.06. The Morgan fingerprint density at radius 3 is 2.96 bits per heavy atom. The molecule has 2 N–H and O–H groups in total. The average Bonchev–Trinajstić information content (AvgIpc) is 3.25. The van der Waals surface area contributed by atoms with Crippen molar-refractivity contribution in [2.24, 2.45) is 0 Å². The first-order valence-electron chi connectivity index (χ1n) is 8.32. The van der Waals surface area contributed by atoms with E-state index < -0.39 is 6.10 Å². The van der Waals surface area contributed by atoms with Crippen LogP contribution in [0.1, 0.15) is 27.6 Å². The van der Waals surface area contributed by atoms with Gasteiger partial charge in [0.1, 0.15) is 0 Å². The van der Waals surface area contributed by atoms with Crippen molar-refractivity contribution in [2.45, 2.75) is 12.5 Å². The zero-order chi connectivity index (χ0) is 17.4. The highest BCUT2D eigenvalue weighted by atomic mass is 16.7. The first-order valence-corrected chi connectivity index (χ1v) is 8.32. The second-order valence-electron chi connectivity index (χ2n) is 6.35. The molecule has 0 aromatic heterocycles. The molecule has 0 saturated heterocycles. The lowest BCUT2D eigenvalue weighted by Crippen LogP contribution is -2.28. The minimum atomic E-state index is -0.742. The van der Waals surface area contributed by atoms with Gasteiger partial charge in [-0.1, -0.05) is 12.1 Å². The summed E-state index contributed by atoms with van der Waals surface area (Å²) in [6.07, 6.45) is 0.241. The van der Waals surface area contributed by atoms with Crippen molar-refractivity contribution in [2.75, 3.05) is 31.8 Å². The number of hydrogen-bond acceptors (Lipinski definition) is 5. The molecule has 0 saturated carbocycles. The van der Waals surface area contributed by atoms with Gasteiger partial charge in [0.05, 0.1) is 6.10 Å². The third-order valence-electron chi connectivity index (χ3n) is 4.71. The molecule has 25 heavy (non-hydrogen) atoms. The molecule has 130 valence electrons. The van der Waals surface area contributed by atoms with Crippen LogP contribution in [0.2, 0.25) is 0 Å². The average molecular weight is 340 g/mol. The summed E-state index contributed by atoms with van der Waals surface area (Å²) in [5.41, 5.74) is 3.74. The number of anilines is 1. The van der Waals surface area contributed by atoms with Crippen LogP contribution in [0.5, 0.6) is 11.5 Å². The molecule has 0 bridgehead atoms. The van der Waals surface area contributed by atoms with Crippen LogP contribution in [-0.2, 0) is 6.42 Å². The fourth-order valence-corrected chi connectivity index (χ4v) is 3.24. The van der Waals surface area contributed by atoms with E-state index in [1.165, 1.54) is 11.3 Å². The maximum Gasteiger partial charge on any atom is 0.251 e. The molecule has 0 radical (unpaired) electrons. The number of nitrogens with one attached hydrogen (secondary N) is 1. The van der Waals surface area contributed by atoms with E-state index in [1.54, 1.807) is 18.2 Å². The lowest BCUT2D eigenvalue weighted by Gasteiger charge is -2.15. The highest BCUT2D eigenvalue weighted by molar-refractivity contribution is 5.94. The Labute approximate surface area is 146 Å². The summed E-state index contributed by atoms with van der Waals surface area (Å²) in [6.45, 7) is 1.32. The summed E-state index contributed by atoms with van der Waals surface area (Å²) in [6, 6.07) is 11.0. The van der Waals surface area contributed by atoms with Gasteiger partial charge in [0.15, 0.2) is 11.5 Å². The molecule has 1 atom stereocenters. The Morgan fingerprint density at radius 1 is 1.24 bits per heavy atom. The number of nitrogens with zero attached hydrogens (tertiary/aromatic N) is 1. The number of carbonyl (C=O) groups is 1. The van der Waals surface area contributed by atoms with E-state index in [0.29, 0.717) is 17.1 Å². The predicted molar refractivity (Wildman–Crippen MR) is 93.3 cm³/mol. The fourth-order valence-electron chi connectivity index (χ4n) is 3.24. The van der Waals surface area contributed by atoms with E-state index in [9.17, 15) is 9.90 Å². The van der Waals surface area contributed by atoms with Gasteiger partial charge in [-0.3, -0.25) is 4.79 Å². The van der Waals surface area contributed by atoms with Gasteiger partial charge in [-0.2, -0.15) is 0 Å². The Morgan fingerprint density at radius 2 is 2.08 bits per heavy atom. The summed E-state index contributed by atoms with van der Waals surface area (Å²) in [5.74, 6) is 0.953. The van der Waals surface area contributed by atoms with Gasteiger partial charge in [-0.25, -0.2) is 0 Å². The highest BCUT2D eigenvalue weighted by Gasteiger charge is 2.19. The Bertz CT molecular complexity index is 821. The standard InChI is InChI=1S/C19H20N2O4/c1-21-7-6-12-8-13(2-4-15(12)21)16(22)10-20-19(23)14-3-5-17-18(9-14)25-11-24-17/h2-5,8-9,16,22H,6-7,10-11H2,1H3,(H,20,23). The van der Waals surface area contributed by atoms with Crippen LogP contribution in [0.15, 0.2) is 36.4 Å². The molecule has 2 aromatic rings. The van der Waals surface area contributed by atoms with Gasteiger partial charge in [0.2, 0.25) is 6.79 Å². The normalized spacial score (nSPS) is 15.8. The quantitative estimate of drug-likeness (QED) is 0.889. The van der Waals surface area contributed by atoms with Gasteiger partial charge >= 0.3 is 0 Å². The lowest BCUT2D eigenvalue weighted by atomic mass is 10.0. The molecule has 4 rings (SSSR count). The van der Waals surface area contributed by atoms with Gasteiger partial charge in [-0.05, 0) is 41.8 Å². The topological polar surface area (TPSA) is 71.0 Å². The molecule has 6 heteroatoms. The summed E-state index contributed by atoms with van der Waals surface area (Å²) < 4.78 is 10.5. The maximum absolute atomic E-state index is 12.3. The van der Waals surface area contributed by atoms with Crippen LogP contribution in [0.3, 0.4) is 0 Å². The third-order valence-corrected chi connectivity index (χ3v) is 4.71. The number of rotatable bonds is 4. The van der Waals surface area contributed by atoms with Crippen LogP contribution >= 0.6 is 0 Å². The van der Waals surface area contributed by atoms with E-state index in [4.69, 9.17) is 9.47 Å². The third kappa shape index (κ3) is 3.00. The Hall–Kier alpha value is -2.73. The summed E-state index contributed by atoms with van der Waals surface area (Å²) in [5, 5.41) is 13.2. The molecule has 1 unspecified atom stereocenters. The van der Waals surface area contributed by atoms with Crippen LogP contribution in [0.25, 0.3) is 0 Å². The van der Waals surface area contributed by atoms with E-state index in [0.717, 1.165) is 18.5 Å². The molecule has 2 aromatic carbocycles. The maximum atomic E-state index is 12.3. The molecule has 2 aliphatic heterocycles. The van der Waals surface area contributed by atoms with Crippen molar-refractivity contribution >= 4 is 11.6 Å². The Balaban J connectivity index is 1.40. The smallest absolute Gasteiger partial charge is 0.251 e. The minimum Gasteiger partial charge on any atom is -0.454 e. The molecule has 1 amide bonds. The monoisotopic (exact) mass is 340 g/mol. The molecular weight excluding hydrogens is 320 g/mol. The van der Waals surface area contributed by atoms with Crippen molar-refractivity contribution < 1.29 is 19.4 Å².